The number of rotatable bonds is 7. The molecule has 1 N–H and O–H groups in total. The molecule has 0 atom stereocenters. The van der Waals surface area contributed by atoms with Crippen molar-refractivity contribution in [1.29, 1.82) is 5.26 Å². The number of alkyl halides is 1. The third kappa shape index (κ3) is 7.60. The number of nitrogens with zero attached hydrogens (tertiary/aromatic N) is 1. The highest BCUT2D eigenvalue weighted by molar-refractivity contribution is 7.89. The van der Waals surface area contributed by atoms with Gasteiger partial charge in [0.15, 0.2) is 0 Å². The van der Waals surface area contributed by atoms with Crippen LogP contribution >= 0.6 is 11.6 Å². The first-order valence-electron chi connectivity index (χ1n) is 4.77. The molecule has 0 radical (unpaired) electrons. The number of hydrogen-bond acceptors (Lipinski definition) is 3. The molecule has 0 aromatic heterocycles. The number of unbranched alkanes of at least 4 members (excludes halogenated alkanes) is 1. The molecule has 0 spiro atoms. The molecular formula is C9H17ClN2O2S. The van der Waals surface area contributed by atoms with Crippen molar-refractivity contribution in [3.05, 3.63) is 0 Å². The van der Waals surface area contributed by atoms with Crippen molar-refractivity contribution in [1.82, 2.24) is 4.72 Å². The van der Waals surface area contributed by atoms with Gasteiger partial charge in [-0.3, -0.25) is 0 Å². The Labute approximate surface area is 96.7 Å². The second kappa shape index (κ2) is 6.31. The van der Waals surface area contributed by atoms with Gasteiger partial charge < -0.3 is 0 Å². The monoisotopic (exact) mass is 252 g/mol. The Morgan fingerprint density at radius 3 is 2.47 bits per heavy atom. The van der Waals surface area contributed by atoms with Crippen molar-refractivity contribution in [2.75, 3.05) is 18.2 Å². The quantitative estimate of drug-likeness (QED) is 0.551. The van der Waals surface area contributed by atoms with Crippen LogP contribution in [0.2, 0.25) is 0 Å². The summed E-state index contributed by atoms with van der Waals surface area (Å²) in [5.41, 5.74) is -0.667. The van der Waals surface area contributed by atoms with Crippen LogP contribution < -0.4 is 4.72 Å². The maximum atomic E-state index is 11.4. The first kappa shape index (κ1) is 14.7. The van der Waals surface area contributed by atoms with Crippen LogP contribution in [-0.4, -0.2) is 26.6 Å². The summed E-state index contributed by atoms with van der Waals surface area (Å²) >= 11 is 5.44. The number of nitriles is 1. The highest BCUT2D eigenvalue weighted by Gasteiger charge is 2.20. The molecule has 0 bridgehead atoms. The van der Waals surface area contributed by atoms with E-state index in [4.69, 9.17) is 16.9 Å². The molecule has 4 nitrogen and oxygen atoms in total. The van der Waals surface area contributed by atoms with Gasteiger partial charge in [-0.05, 0) is 26.7 Å². The number of sulfonamides is 1. The van der Waals surface area contributed by atoms with Gasteiger partial charge in [0.1, 0.15) is 0 Å². The lowest BCUT2D eigenvalue weighted by Gasteiger charge is -2.15. The number of hydrogen-bond donors (Lipinski definition) is 1. The van der Waals surface area contributed by atoms with E-state index in [-0.39, 0.29) is 12.3 Å². The van der Waals surface area contributed by atoms with Gasteiger partial charge in [0.05, 0.1) is 17.2 Å². The summed E-state index contributed by atoms with van der Waals surface area (Å²) in [6.07, 6.45) is 1.23. The molecular weight excluding hydrogens is 236 g/mol. The van der Waals surface area contributed by atoms with Crippen LogP contribution in [0.4, 0.5) is 0 Å². The minimum atomic E-state index is -3.26. The average Bonchev–Trinajstić information content (AvgIpc) is 2.16. The van der Waals surface area contributed by atoms with Crippen molar-refractivity contribution in [2.45, 2.75) is 26.7 Å². The molecule has 0 rings (SSSR count). The lowest BCUT2D eigenvalue weighted by molar-refractivity contribution is 0.478. The second-order valence-corrected chi connectivity index (χ2v) is 6.34. The Kier molecular flexibility index (Phi) is 6.18. The van der Waals surface area contributed by atoms with E-state index in [1.54, 1.807) is 13.8 Å². The zero-order chi connectivity index (χ0) is 11.9. The Morgan fingerprint density at radius 2 is 2.00 bits per heavy atom. The Bertz CT molecular complexity index is 319. The first-order valence-corrected chi connectivity index (χ1v) is 6.96. The molecule has 0 amide bonds. The van der Waals surface area contributed by atoms with E-state index < -0.39 is 15.4 Å². The van der Waals surface area contributed by atoms with Crippen molar-refractivity contribution in [3.8, 4) is 6.07 Å². The topological polar surface area (TPSA) is 70.0 Å². The van der Waals surface area contributed by atoms with Gasteiger partial charge in [-0.2, -0.15) is 5.26 Å². The summed E-state index contributed by atoms with van der Waals surface area (Å²) in [7, 11) is -3.26. The van der Waals surface area contributed by atoms with Gasteiger partial charge in [-0.1, -0.05) is 0 Å². The molecule has 0 aliphatic heterocycles. The highest BCUT2D eigenvalue weighted by atomic mass is 35.5. The number of nitrogens with one attached hydrogen (secondary N) is 1. The standard InChI is InChI=1S/C9H17ClN2O2S/c1-9(2,7-11)8-12-15(13,14)6-4-3-5-10/h12H,3-6,8H2,1-2H3. The molecule has 0 aromatic carbocycles. The maximum Gasteiger partial charge on any atom is 0.211 e. The zero-order valence-corrected chi connectivity index (χ0v) is 10.7. The Hall–Kier alpha value is -0.310. The van der Waals surface area contributed by atoms with Gasteiger partial charge >= 0.3 is 0 Å². The molecule has 0 saturated heterocycles. The van der Waals surface area contributed by atoms with E-state index in [2.05, 4.69) is 4.72 Å². The minimum Gasteiger partial charge on any atom is -0.214 e. The lowest BCUT2D eigenvalue weighted by atomic mass is 9.97. The van der Waals surface area contributed by atoms with E-state index in [0.717, 1.165) is 0 Å². The Balaban J connectivity index is 4.01. The maximum absolute atomic E-state index is 11.4. The fraction of sp³-hybridized carbons (Fsp3) is 0.889. The van der Waals surface area contributed by atoms with Crippen molar-refractivity contribution in [3.63, 3.8) is 0 Å². The van der Waals surface area contributed by atoms with Gasteiger partial charge in [-0.25, -0.2) is 13.1 Å². The van der Waals surface area contributed by atoms with Gasteiger partial charge in [-0.15, -0.1) is 11.6 Å². The fourth-order valence-electron chi connectivity index (χ4n) is 0.789. The second-order valence-electron chi connectivity index (χ2n) is 4.03. The molecule has 88 valence electrons. The first-order chi connectivity index (χ1) is 6.83. The summed E-state index contributed by atoms with van der Waals surface area (Å²) in [6, 6.07) is 2.03. The van der Waals surface area contributed by atoms with Gasteiger partial charge in [0.2, 0.25) is 10.0 Å². The Morgan fingerprint density at radius 1 is 1.40 bits per heavy atom. The van der Waals surface area contributed by atoms with Crippen molar-refractivity contribution < 1.29 is 8.42 Å². The van der Waals surface area contributed by atoms with Gasteiger partial charge in [0, 0.05) is 12.4 Å². The smallest absolute Gasteiger partial charge is 0.211 e. The predicted molar refractivity (Wildman–Crippen MR) is 61.1 cm³/mol. The van der Waals surface area contributed by atoms with Crippen molar-refractivity contribution in [2.24, 2.45) is 5.41 Å². The van der Waals surface area contributed by atoms with E-state index in [1.165, 1.54) is 0 Å². The van der Waals surface area contributed by atoms with Crippen LogP contribution in [0.25, 0.3) is 0 Å². The highest BCUT2D eigenvalue weighted by Crippen LogP contribution is 2.11. The summed E-state index contributed by atoms with van der Waals surface area (Å²) in [4.78, 5) is 0. The summed E-state index contributed by atoms with van der Waals surface area (Å²) in [5.74, 6) is 0.542. The van der Waals surface area contributed by atoms with E-state index in [1.807, 2.05) is 6.07 Å². The summed E-state index contributed by atoms with van der Waals surface area (Å²) in [6.45, 7) is 3.52. The van der Waals surface area contributed by atoms with E-state index in [0.29, 0.717) is 18.7 Å². The lowest BCUT2D eigenvalue weighted by Crippen LogP contribution is -2.34. The van der Waals surface area contributed by atoms with Gasteiger partial charge in [0.25, 0.3) is 0 Å². The molecule has 15 heavy (non-hydrogen) atoms. The number of halogens is 1. The van der Waals surface area contributed by atoms with E-state index >= 15 is 0 Å². The summed E-state index contributed by atoms with van der Waals surface area (Å²) in [5, 5.41) is 8.70. The minimum absolute atomic E-state index is 0.0707. The molecule has 0 saturated carbocycles. The SMILES string of the molecule is CC(C)(C#N)CNS(=O)(=O)CCCCCl. The third-order valence-electron chi connectivity index (χ3n) is 1.83. The van der Waals surface area contributed by atoms with E-state index in [9.17, 15) is 8.42 Å². The molecule has 6 heteroatoms. The fourth-order valence-corrected chi connectivity index (χ4v) is 2.29. The molecule has 0 aromatic rings. The largest absolute Gasteiger partial charge is 0.214 e. The van der Waals surface area contributed by atoms with Crippen LogP contribution in [0.15, 0.2) is 0 Å². The zero-order valence-electron chi connectivity index (χ0n) is 9.09. The molecule has 0 fully saturated rings. The van der Waals surface area contributed by atoms with Crippen LogP contribution in [0.1, 0.15) is 26.7 Å². The molecule has 0 unspecified atom stereocenters. The van der Waals surface area contributed by atoms with Crippen LogP contribution in [-0.2, 0) is 10.0 Å². The van der Waals surface area contributed by atoms with Crippen LogP contribution in [0, 0.1) is 16.7 Å². The molecule has 0 heterocycles. The predicted octanol–water partition coefficient (Wildman–Crippen LogP) is 1.47. The average molecular weight is 253 g/mol. The summed E-state index contributed by atoms with van der Waals surface area (Å²) < 4.78 is 25.2. The molecule has 0 aliphatic rings. The van der Waals surface area contributed by atoms with Crippen LogP contribution in [0.5, 0.6) is 0 Å². The normalized spacial score (nSPS) is 12.4. The van der Waals surface area contributed by atoms with Crippen LogP contribution in [0.3, 0.4) is 0 Å². The molecule has 0 aliphatic carbocycles. The van der Waals surface area contributed by atoms with Crippen molar-refractivity contribution >= 4 is 21.6 Å². The third-order valence-corrected chi connectivity index (χ3v) is 3.51.